The first-order chi connectivity index (χ1) is 13.2. The number of hydrogen-bond donors (Lipinski definition) is 0. The van der Waals surface area contributed by atoms with E-state index in [2.05, 4.69) is 15.0 Å². The Bertz CT molecular complexity index is 934. The van der Waals surface area contributed by atoms with Gasteiger partial charge in [0, 0.05) is 29.5 Å². The van der Waals surface area contributed by atoms with Gasteiger partial charge < -0.3 is 9.64 Å². The number of amides is 1. The van der Waals surface area contributed by atoms with Crippen molar-refractivity contribution in [2.45, 2.75) is 18.9 Å². The molecular formula is C20H17ClN4O2. The van der Waals surface area contributed by atoms with Gasteiger partial charge in [-0.25, -0.2) is 4.98 Å². The van der Waals surface area contributed by atoms with E-state index in [1.165, 1.54) is 0 Å². The van der Waals surface area contributed by atoms with Crippen molar-refractivity contribution in [1.82, 2.24) is 19.9 Å². The highest BCUT2D eigenvalue weighted by molar-refractivity contribution is 6.30. The van der Waals surface area contributed by atoms with Crippen LogP contribution in [0.15, 0.2) is 61.2 Å². The lowest BCUT2D eigenvalue weighted by atomic mass is 10.1. The quantitative estimate of drug-likeness (QED) is 0.675. The first kappa shape index (κ1) is 17.4. The average Bonchev–Trinajstić information content (AvgIpc) is 3.20. The summed E-state index contributed by atoms with van der Waals surface area (Å²) in [4.78, 5) is 27.5. The normalized spacial score (nSPS) is 16.3. The molecule has 4 rings (SSSR count). The van der Waals surface area contributed by atoms with Crippen molar-refractivity contribution in [1.29, 1.82) is 0 Å². The minimum absolute atomic E-state index is 0.0225. The van der Waals surface area contributed by atoms with E-state index >= 15 is 0 Å². The molecule has 3 aromatic rings. The van der Waals surface area contributed by atoms with Gasteiger partial charge in [-0.3, -0.25) is 14.8 Å². The Morgan fingerprint density at radius 1 is 1.07 bits per heavy atom. The van der Waals surface area contributed by atoms with Gasteiger partial charge in [0.1, 0.15) is 5.75 Å². The van der Waals surface area contributed by atoms with Gasteiger partial charge in [0.25, 0.3) is 5.91 Å². The largest absolute Gasteiger partial charge is 0.437 e. The Kier molecular flexibility index (Phi) is 4.98. The number of ether oxygens (including phenoxy) is 1. The topological polar surface area (TPSA) is 68.2 Å². The molecule has 0 unspecified atom stereocenters. The predicted molar refractivity (Wildman–Crippen MR) is 101 cm³/mol. The first-order valence-electron chi connectivity index (χ1n) is 8.67. The molecule has 1 atom stereocenters. The summed E-state index contributed by atoms with van der Waals surface area (Å²) in [7, 11) is 0. The number of nitrogens with zero attached hydrogens (tertiary/aromatic N) is 4. The molecule has 1 amide bonds. The fourth-order valence-electron chi connectivity index (χ4n) is 3.17. The molecule has 2 aromatic heterocycles. The van der Waals surface area contributed by atoms with Gasteiger partial charge in [-0.05, 0) is 49.2 Å². The minimum atomic E-state index is -0.119. The van der Waals surface area contributed by atoms with Crippen LogP contribution in [0.5, 0.6) is 11.6 Å². The molecule has 1 aliphatic heterocycles. The van der Waals surface area contributed by atoms with E-state index in [1.54, 1.807) is 61.2 Å². The van der Waals surface area contributed by atoms with Crippen LogP contribution in [0.4, 0.5) is 0 Å². The van der Waals surface area contributed by atoms with E-state index in [-0.39, 0.29) is 11.9 Å². The second-order valence-corrected chi connectivity index (χ2v) is 6.67. The number of carbonyl (C=O) groups is 1. The number of hydrogen-bond acceptors (Lipinski definition) is 5. The summed E-state index contributed by atoms with van der Waals surface area (Å²) in [6.45, 7) is 0.690. The molecule has 0 radical (unpaired) electrons. The standard InChI is InChI=1S/C20H17ClN4O2/c21-15-3-5-16(6-4-15)27-19-13-23-12-17(24-19)18-2-1-11-25(18)20(26)14-7-9-22-10-8-14/h3-10,12-13,18H,1-2,11H2/t18-/m0/s1. The lowest BCUT2D eigenvalue weighted by Gasteiger charge is -2.24. The van der Waals surface area contributed by atoms with Crippen LogP contribution < -0.4 is 4.74 Å². The molecule has 6 nitrogen and oxygen atoms in total. The van der Waals surface area contributed by atoms with Gasteiger partial charge in [-0.1, -0.05) is 11.6 Å². The molecular weight excluding hydrogens is 364 g/mol. The number of likely N-dealkylation sites (tertiary alicyclic amines) is 1. The number of benzene rings is 1. The van der Waals surface area contributed by atoms with Gasteiger partial charge in [0.15, 0.2) is 0 Å². The zero-order valence-corrected chi connectivity index (χ0v) is 15.2. The molecule has 0 aliphatic carbocycles. The Morgan fingerprint density at radius 2 is 1.85 bits per heavy atom. The van der Waals surface area contributed by atoms with Crippen LogP contribution in [0.3, 0.4) is 0 Å². The second-order valence-electron chi connectivity index (χ2n) is 6.23. The van der Waals surface area contributed by atoms with Crippen molar-refractivity contribution in [2.24, 2.45) is 0 Å². The Labute approximate surface area is 161 Å². The van der Waals surface area contributed by atoms with Crippen LogP contribution in [0.25, 0.3) is 0 Å². The zero-order valence-electron chi connectivity index (χ0n) is 14.5. The third-order valence-electron chi connectivity index (χ3n) is 4.45. The number of pyridine rings is 1. The molecule has 27 heavy (non-hydrogen) atoms. The third-order valence-corrected chi connectivity index (χ3v) is 4.70. The van der Waals surface area contributed by atoms with Crippen LogP contribution in [0.2, 0.25) is 5.02 Å². The average molecular weight is 381 g/mol. The monoisotopic (exact) mass is 380 g/mol. The predicted octanol–water partition coefficient (Wildman–Crippen LogP) is 4.29. The van der Waals surface area contributed by atoms with Crippen LogP contribution in [0.1, 0.15) is 34.9 Å². The van der Waals surface area contributed by atoms with Crippen LogP contribution in [0, 0.1) is 0 Å². The van der Waals surface area contributed by atoms with Crippen molar-refractivity contribution in [3.63, 3.8) is 0 Å². The maximum Gasteiger partial charge on any atom is 0.254 e. The molecule has 7 heteroatoms. The summed E-state index contributed by atoms with van der Waals surface area (Å²) < 4.78 is 5.77. The molecule has 0 bridgehead atoms. The van der Waals surface area contributed by atoms with Crippen LogP contribution >= 0.6 is 11.6 Å². The summed E-state index contributed by atoms with van der Waals surface area (Å²) in [5.74, 6) is 0.991. The van der Waals surface area contributed by atoms with Gasteiger partial charge >= 0.3 is 0 Å². The Hall–Kier alpha value is -2.99. The third kappa shape index (κ3) is 3.90. The van der Waals surface area contributed by atoms with E-state index < -0.39 is 0 Å². The summed E-state index contributed by atoms with van der Waals surface area (Å²) in [5, 5.41) is 0.637. The fraction of sp³-hybridized carbons (Fsp3) is 0.200. The maximum atomic E-state index is 12.8. The molecule has 1 fully saturated rings. The van der Waals surface area contributed by atoms with Gasteiger partial charge in [-0.15, -0.1) is 0 Å². The van der Waals surface area contributed by atoms with Crippen molar-refractivity contribution in [3.05, 3.63) is 77.5 Å². The lowest BCUT2D eigenvalue weighted by Crippen LogP contribution is -2.31. The van der Waals surface area contributed by atoms with Crippen molar-refractivity contribution in [2.75, 3.05) is 6.54 Å². The summed E-state index contributed by atoms with van der Waals surface area (Å²) >= 11 is 5.90. The van der Waals surface area contributed by atoms with Crippen LogP contribution in [-0.2, 0) is 0 Å². The SMILES string of the molecule is O=C(c1ccncc1)N1CCC[C@H]1c1cncc(Oc2ccc(Cl)cc2)n1. The van der Waals surface area contributed by atoms with Crippen molar-refractivity contribution >= 4 is 17.5 Å². The number of halogens is 1. The van der Waals surface area contributed by atoms with E-state index in [9.17, 15) is 4.79 Å². The van der Waals surface area contributed by atoms with E-state index in [0.717, 1.165) is 18.5 Å². The smallest absolute Gasteiger partial charge is 0.254 e. The number of rotatable bonds is 4. The first-order valence-corrected chi connectivity index (χ1v) is 9.05. The molecule has 0 spiro atoms. The highest BCUT2D eigenvalue weighted by atomic mass is 35.5. The molecule has 0 N–H and O–H groups in total. The molecule has 136 valence electrons. The summed E-state index contributed by atoms with van der Waals surface area (Å²) in [6.07, 6.45) is 8.26. The number of aromatic nitrogens is 3. The maximum absolute atomic E-state index is 12.8. The summed E-state index contributed by atoms with van der Waals surface area (Å²) in [6, 6.07) is 10.4. The second kappa shape index (κ2) is 7.72. The van der Waals surface area contributed by atoms with Crippen LogP contribution in [-0.4, -0.2) is 32.3 Å². The lowest BCUT2D eigenvalue weighted by molar-refractivity contribution is 0.0732. The van der Waals surface area contributed by atoms with Gasteiger partial charge in [0.05, 0.1) is 24.1 Å². The van der Waals surface area contributed by atoms with E-state index in [1.807, 2.05) is 4.90 Å². The molecule has 1 aromatic carbocycles. The summed E-state index contributed by atoms with van der Waals surface area (Å²) in [5.41, 5.74) is 1.35. The Balaban J connectivity index is 1.55. The molecule has 1 aliphatic rings. The molecule has 1 saturated heterocycles. The zero-order chi connectivity index (χ0) is 18.6. The van der Waals surface area contributed by atoms with Gasteiger partial charge in [-0.2, -0.15) is 0 Å². The van der Waals surface area contributed by atoms with Crippen molar-refractivity contribution < 1.29 is 9.53 Å². The fourth-order valence-corrected chi connectivity index (χ4v) is 3.30. The minimum Gasteiger partial charge on any atom is -0.437 e. The highest BCUT2D eigenvalue weighted by Gasteiger charge is 2.32. The molecule has 0 saturated carbocycles. The number of carbonyl (C=O) groups excluding carboxylic acids is 1. The van der Waals surface area contributed by atoms with E-state index in [0.29, 0.717) is 28.8 Å². The molecule has 3 heterocycles. The van der Waals surface area contributed by atoms with Crippen molar-refractivity contribution in [3.8, 4) is 11.6 Å². The Morgan fingerprint density at radius 3 is 2.63 bits per heavy atom. The van der Waals surface area contributed by atoms with Gasteiger partial charge in [0.2, 0.25) is 5.88 Å². The highest BCUT2D eigenvalue weighted by Crippen LogP contribution is 2.33. The van der Waals surface area contributed by atoms with E-state index in [4.69, 9.17) is 16.3 Å².